The molecule has 0 amide bonds. The Hall–Kier alpha value is -3.74. The third-order valence-corrected chi connectivity index (χ3v) is 7.05. The summed E-state index contributed by atoms with van der Waals surface area (Å²) in [4.78, 5) is 11.0. The fourth-order valence-corrected chi connectivity index (χ4v) is 5.14. The Bertz CT molecular complexity index is 1500. The van der Waals surface area contributed by atoms with Crippen molar-refractivity contribution in [2.45, 2.75) is 12.5 Å². The molecule has 0 radical (unpaired) electrons. The molecule has 0 saturated heterocycles. The molecule has 7 heteroatoms. The second-order valence-corrected chi connectivity index (χ2v) is 9.46. The first kappa shape index (κ1) is 20.8. The van der Waals surface area contributed by atoms with Crippen molar-refractivity contribution in [3.05, 3.63) is 106 Å². The lowest BCUT2D eigenvalue weighted by molar-refractivity contribution is 0.475. The minimum Gasteiger partial charge on any atom is -0.508 e. The largest absolute Gasteiger partial charge is 0.508 e. The van der Waals surface area contributed by atoms with Crippen molar-refractivity contribution in [3.63, 3.8) is 0 Å². The summed E-state index contributed by atoms with van der Waals surface area (Å²) in [6.45, 7) is 0. The molecule has 3 aromatic carbocycles. The van der Waals surface area contributed by atoms with Crippen LogP contribution in [0.3, 0.4) is 0 Å². The van der Waals surface area contributed by atoms with Crippen LogP contribution in [0.15, 0.2) is 95.4 Å². The number of hydrogen-bond acceptors (Lipinski definition) is 6. The van der Waals surface area contributed by atoms with Crippen molar-refractivity contribution in [3.8, 4) is 17.0 Å². The molecule has 166 valence electrons. The topological polar surface area (TPSA) is 61.6 Å². The standard InChI is InChI=1S/C27H19ClN4OS/c28-19-10-13-22-21(15-19)26(18-5-2-1-3-6-18)30-27(29-22)32-24(17-8-11-20(33)12-9-17)16-23(31-32)25-7-4-14-34-25/h1-15,24,33H,16H2/t24-/m0/s1. The molecule has 5 nitrogen and oxygen atoms in total. The highest BCUT2D eigenvalue weighted by Gasteiger charge is 2.32. The van der Waals surface area contributed by atoms with E-state index in [9.17, 15) is 5.11 Å². The van der Waals surface area contributed by atoms with Gasteiger partial charge in [-0.3, -0.25) is 0 Å². The Balaban J connectivity index is 1.54. The third kappa shape index (κ3) is 3.81. The summed E-state index contributed by atoms with van der Waals surface area (Å²) >= 11 is 8.00. The van der Waals surface area contributed by atoms with Crippen LogP contribution in [0, 0.1) is 0 Å². The highest BCUT2D eigenvalue weighted by atomic mass is 35.5. The number of rotatable bonds is 4. The van der Waals surface area contributed by atoms with E-state index in [2.05, 4.69) is 11.4 Å². The smallest absolute Gasteiger partial charge is 0.247 e. The average molecular weight is 483 g/mol. The Morgan fingerprint density at radius 1 is 0.912 bits per heavy atom. The lowest BCUT2D eigenvalue weighted by Gasteiger charge is -2.23. The molecule has 6 rings (SSSR count). The Kier molecular flexibility index (Phi) is 5.24. The van der Waals surface area contributed by atoms with Crippen molar-refractivity contribution in [1.82, 2.24) is 9.97 Å². The molecule has 0 aliphatic carbocycles. The number of hydrogen-bond donors (Lipinski definition) is 1. The number of thiophene rings is 1. The molecule has 5 aromatic rings. The van der Waals surface area contributed by atoms with Gasteiger partial charge in [-0.05, 0) is 47.3 Å². The predicted octanol–water partition coefficient (Wildman–Crippen LogP) is 7.07. The number of halogens is 1. The van der Waals surface area contributed by atoms with Gasteiger partial charge in [0.05, 0.1) is 27.8 Å². The number of fused-ring (bicyclic) bond motifs is 1. The number of aromatic nitrogens is 2. The summed E-state index contributed by atoms with van der Waals surface area (Å²) in [6, 6.07) is 27.0. The number of phenols is 1. The molecule has 0 bridgehead atoms. The first-order chi connectivity index (χ1) is 16.7. The van der Waals surface area contributed by atoms with Gasteiger partial charge in [0.2, 0.25) is 5.95 Å². The van der Waals surface area contributed by atoms with E-state index in [1.54, 1.807) is 23.5 Å². The van der Waals surface area contributed by atoms with Crippen LogP contribution in [-0.4, -0.2) is 20.8 Å². The van der Waals surface area contributed by atoms with E-state index >= 15 is 0 Å². The normalized spacial score (nSPS) is 15.6. The molecule has 1 atom stereocenters. The number of nitrogens with zero attached hydrogens (tertiary/aromatic N) is 4. The summed E-state index contributed by atoms with van der Waals surface area (Å²) in [5.41, 5.74) is 4.63. The van der Waals surface area contributed by atoms with Crippen LogP contribution in [0.1, 0.15) is 22.9 Å². The first-order valence-corrected chi connectivity index (χ1v) is 12.1. The number of benzene rings is 3. The van der Waals surface area contributed by atoms with E-state index in [1.165, 1.54) is 0 Å². The maximum absolute atomic E-state index is 9.81. The van der Waals surface area contributed by atoms with Crippen LogP contribution >= 0.6 is 22.9 Å². The van der Waals surface area contributed by atoms with Gasteiger partial charge >= 0.3 is 0 Å². The molecule has 3 heterocycles. The van der Waals surface area contributed by atoms with Gasteiger partial charge in [-0.15, -0.1) is 11.3 Å². The number of aromatic hydroxyl groups is 1. The molecule has 0 saturated carbocycles. The second-order valence-electron chi connectivity index (χ2n) is 8.08. The first-order valence-electron chi connectivity index (χ1n) is 10.9. The molecule has 0 spiro atoms. The summed E-state index contributed by atoms with van der Waals surface area (Å²) < 4.78 is 0. The Morgan fingerprint density at radius 3 is 2.50 bits per heavy atom. The van der Waals surface area contributed by atoms with Gasteiger partial charge < -0.3 is 5.11 Å². The molecule has 0 unspecified atom stereocenters. The highest BCUT2D eigenvalue weighted by molar-refractivity contribution is 7.12. The van der Waals surface area contributed by atoms with Gasteiger partial charge in [0.1, 0.15) is 5.75 Å². The minimum atomic E-state index is -0.0916. The second kappa shape index (κ2) is 8.56. The van der Waals surface area contributed by atoms with E-state index in [-0.39, 0.29) is 11.8 Å². The maximum Gasteiger partial charge on any atom is 0.247 e. The van der Waals surface area contributed by atoms with Gasteiger partial charge in [-0.25, -0.2) is 15.0 Å². The molecule has 0 fully saturated rings. The summed E-state index contributed by atoms with van der Waals surface area (Å²) in [6.07, 6.45) is 0.716. The van der Waals surface area contributed by atoms with Crippen molar-refractivity contribution < 1.29 is 5.11 Å². The molecule has 1 aliphatic rings. The van der Waals surface area contributed by atoms with E-state index < -0.39 is 0 Å². The van der Waals surface area contributed by atoms with Crippen LogP contribution in [0.4, 0.5) is 5.95 Å². The van der Waals surface area contributed by atoms with Crippen LogP contribution in [0.2, 0.25) is 5.02 Å². The zero-order valence-electron chi connectivity index (χ0n) is 18.0. The molecule has 34 heavy (non-hydrogen) atoms. The number of anilines is 1. The average Bonchev–Trinajstić information content (AvgIpc) is 3.55. The monoisotopic (exact) mass is 482 g/mol. The van der Waals surface area contributed by atoms with E-state index in [0.717, 1.165) is 38.3 Å². The van der Waals surface area contributed by atoms with E-state index in [4.69, 9.17) is 26.7 Å². The molecular formula is C27H19ClN4OS. The summed E-state index contributed by atoms with van der Waals surface area (Å²) in [7, 11) is 0. The summed E-state index contributed by atoms with van der Waals surface area (Å²) in [5, 5.41) is 20.3. The summed E-state index contributed by atoms with van der Waals surface area (Å²) in [5.74, 6) is 0.760. The van der Waals surface area contributed by atoms with Gasteiger partial charge in [0.15, 0.2) is 0 Å². The van der Waals surface area contributed by atoms with Crippen molar-refractivity contribution >= 4 is 45.5 Å². The molecule has 2 aromatic heterocycles. The SMILES string of the molecule is Oc1ccc([C@@H]2CC(c3cccs3)=NN2c2nc(-c3ccccc3)c3cc(Cl)ccc3n2)cc1. The van der Waals surface area contributed by atoms with Crippen molar-refractivity contribution in [2.75, 3.05) is 5.01 Å². The third-order valence-electron chi connectivity index (χ3n) is 5.89. The zero-order chi connectivity index (χ0) is 23.1. The minimum absolute atomic E-state index is 0.0916. The fraction of sp³-hybridized carbons (Fsp3) is 0.0741. The molecule has 1 aliphatic heterocycles. The molecule has 1 N–H and O–H groups in total. The van der Waals surface area contributed by atoms with Crippen molar-refractivity contribution in [2.24, 2.45) is 5.10 Å². The van der Waals surface area contributed by atoms with Crippen LogP contribution in [0.5, 0.6) is 5.75 Å². The van der Waals surface area contributed by atoms with E-state index in [1.807, 2.05) is 71.7 Å². The number of phenolic OH excluding ortho intramolecular Hbond substituents is 1. The number of hydrazone groups is 1. The lowest BCUT2D eigenvalue weighted by atomic mass is 10.0. The van der Waals surface area contributed by atoms with E-state index in [0.29, 0.717) is 17.4 Å². The molecular weight excluding hydrogens is 464 g/mol. The predicted molar refractivity (Wildman–Crippen MR) is 139 cm³/mol. The van der Waals surface area contributed by atoms with Crippen molar-refractivity contribution in [1.29, 1.82) is 0 Å². The van der Waals surface area contributed by atoms with Crippen LogP contribution in [0.25, 0.3) is 22.2 Å². The van der Waals surface area contributed by atoms with Crippen LogP contribution in [-0.2, 0) is 0 Å². The fourth-order valence-electron chi connectivity index (χ4n) is 4.25. The van der Waals surface area contributed by atoms with Gasteiger partial charge in [-0.1, -0.05) is 60.1 Å². The van der Waals surface area contributed by atoms with Crippen LogP contribution < -0.4 is 5.01 Å². The Labute approximate surface area is 205 Å². The Morgan fingerprint density at radius 2 is 1.74 bits per heavy atom. The van der Waals surface area contributed by atoms with Gasteiger partial charge in [0, 0.05) is 22.4 Å². The zero-order valence-corrected chi connectivity index (χ0v) is 19.5. The highest BCUT2D eigenvalue weighted by Crippen LogP contribution is 2.38. The van der Waals surface area contributed by atoms with Gasteiger partial charge in [-0.2, -0.15) is 5.10 Å². The lowest BCUT2D eigenvalue weighted by Crippen LogP contribution is -2.21. The maximum atomic E-state index is 9.81. The van der Waals surface area contributed by atoms with Gasteiger partial charge in [0.25, 0.3) is 0 Å². The quantitative estimate of drug-likeness (QED) is 0.297.